The summed E-state index contributed by atoms with van der Waals surface area (Å²) < 4.78 is 37.0. The first-order chi connectivity index (χ1) is 17.6. The van der Waals surface area contributed by atoms with Crippen molar-refractivity contribution in [2.24, 2.45) is 5.92 Å². The number of fused-ring (bicyclic) bond motifs is 5. The van der Waals surface area contributed by atoms with Crippen LogP contribution in [0, 0.1) is 11.7 Å². The van der Waals surface area contributed by atoms with Gasteiger partial charge in [-0.1, -0.05) is 11.6 Å². The molecule has 37 heavy (non-hydrogen) atoms. The average molecular weight is 537 g/mol. The zero-order valence-electron chi connectivity index (χ0n) is 21.2. The minimum atomic E-state index is -0.688. The Hall–Kier alpha value is -2.39. The van der Waals surface area contributed by atoms with Gasteiger partial charge in [-0.3, -0.25) is 4.57 Å². The predicted molar refractivity (Wildman–Crippen MR) is 145 cm³/mol. The van der Waals surface area contributed by atoms with Crippen molar-refractivity contribution in [2.75, 3.05) is 0 Å². The molecule has 0 spiro atoms. The Morgan fingerprint density at radius 1 is 1.11 bits per heavy atom. The van der Waals surface area contributed by atoms with Crippen molar-refractivity contribution in [3.63, 3.8) is 0 Å². The van der Waals surface area contributed by atoms with Crippen LogP contribution in [0.5, 0.6) is 5.75 Å². The second kappa shape index (κ2) is 8.06. The lowest BCUT2D eigenvalue weighted by Crippen LogP contribution is -2.41. The van der Waals surface area contributed by atoms with E-state index in [1.165, 1.54) is 18.9 Å². The molecule has 2 aromatic heterocycles. The standard InChI is InChI=1S/C28H27BClFN2O3S/c1-27(2)28(3,4)36-29(35-27)17-12-19(31)25-21-11-16-10-18(30)7-8-20(16)33(21)26(34-22(25)13-17)23-14-32-24(37-23)9-15-5-6-15/h7-8,10-15,26H,5-6,9H2,1-4H3. The third-order valence-corrected chi connectivity index (χ3v) is 9.39. The van der Waals surface area contributed by atoms with Gasteiger partial charge in [0.15, 0.2) is 0 Å². The van der Waals surface area contributed by atoms with Crippen LogP contribution in [0.4, 0.5) is 4.39 Å². The minimum Gasteiger partial charge on any atom is -0.464 e. The summed E-state index contributed by atoms with van der Waals surface area (Å²) in [5.74, 6) is 0.830. The maximum atomic E-state index is 15.9. The van der Waals surface area contributed by atoms with E-state index >= 15 is 4.39 Å². The van der Waals surface area contributed by atoms with E-state index in [-0.39, 0.29) is 5.82 Å². The van der Waals surface area contributed by atoms with E-state index in [0.717, 1.165) is 38.8 Å². The Balaban J connectivity index is 1.36. The van der Waals surface area contributed by atoms with Gasteiger partial charge < -0.3 is 14.0 Å². The molecule has 3 aliphatic rings. The highest BCUT2D eigenvalue weighted by molar-refractivity contribution is 7.11. The SMILES string of the molecule is CC1(C)OB(c2cc(F)c3c(c2)OC(c2cnc(CC4CC4)s2)n2c-3cc3cc(Cl)ccc32)OC1(C)C. The van der Waals surface area contributed by atoms with Crippen LogP contribution < -0.4 is 10.2 Å². The monoisotopic (exact) mass is 536 g/mol. The first-order valence-corrected chi connectivity index (χ1v) is 13.9. The normalized spacial score (nSPS) is 21.7. The van der Waals surface area contributed by atoms with E-state index in [1.54, 1.807) is 11.3 Å². The van der Waals surface area contributed by atoms with E-state index < -0.39 is 24.5 Å². The van der Waals surface area contributed by atoms with Crippen LogP contribution in [0.3, 0.4) is 0 Å². The quantitative estimate of drug-likeness (QED) is 0.271. The molecule has 7 rings (SSSR count). The van der Waals surface area contributed by atoms with Gasteiger partial charge in [0.05, 0.1) is 37.9 Å². The summed E-state index contributed by atoms with van der Waals surface area (Å²) in [4.78, 5) is 5.68. The summed E-state index contributed by atoms with van der Waals surface area (Å²) in [5.41, 5.74) is 1.64. The number of halogens is 2. The van der Waals surface area contributed by atoms with Crippen molar-refractivity contribution >= 4 is 46.4 Å². The molecule has 190 valence electrons. The molecule has 9 heteroatoms. The van der Waals surface area contributed by atoms with Crippen LogP contribution in [0.25, 0.3) is 22.2 Å². The number of nitrogens with zero attached hydrogens (tertiary/aromatic N) is 2. The molecule has 0 amide bonds. The first-order valence-electron chi connectivity index (χ1n) is 12.7. The van der Waals surface area contributed by atoms with Gasteiger partial charge in [0.2, 0.25) is 6.23 Å². The maximum Gasteiger partial charge on any atom is 0.495 e. The van der Waals surface area contributed by atoms with E-state index in [9.17, 15) is 0 Å². The van der Waals surface area contributed by atoms with Crippen molar-refractivity contribution in [3.05, 3.63) is 63.3 Å². The lowest BCUT2D eigenvalue weighted by atomic mass is 9.78. The molecule has 4 aromatic rings. The van der Waals surface area contributed by atoms with Crippen LogP contribution in [-0.2, 0) is 15.7 Å². The highest BCUT2D eigenvalue weighted by atomic mass is 35.5. The van der Waals surface area contributed by atoms with Crippen molar-refractivity contribution < 1.29 is 18.4 Å². The topological polar surface area (TPSA) is 45.5 Å². The molecule has 2 fully saturated rings. The zero-order valence-corrected chi connectivity index (χ0v) is 22.8. The molecule has 2 aliphatic heterocycles. The van der Waals surface area contributed by atoms with Crippen molar-refractivity contribution in [2.45, 2.75) is 64.4 Å². The molecule has 1 saturated heterocycles. The summed E-state index contributed by atoms with van der Waals surface area (Å²) in [6, 6.07) is 11.1. The smallest absolute Gasteiger partial charge is 0.464 e. The van der Waals surface area contributed by atoms with Crippen molar-refractivity contribution in [1.29, 1.82) is 0 Å². The van der Waals surface area contributed by atoms with Gasteiger partial charge in [-0.05, 0) is 88.3 Å². The molecule has 1 aliphatic carbocycles. The number of rotatable bonds is 4. The molecule has 1 saturated carbocycles. The van der Waals surface area contributed by atoms with E-state index in [2.05, 4.69) is 4.57 Å². The summed E-state index contributed by atoms with van der Waals surface area (Å²) in [5, 5.41) is 2.68. The van der Waals surface area contributed by atoms with Gasteiger partial charge in [0, 0.05) is 23.0 Å². The van der Waals surface area contributed by atoms with Gasteiger partial charge in [0.1, 0.15) is 11.6 Å². The molecule has 1 unspecified atom stereocenters. The molecule has 4 heterocycles. The second-order valence-corrected chi connectivity index (χ2v) is 12.9. The summed E-state index contributed by atoms with van der Waals surface area (Å²) in [6.07, 6.45) is 4.98. The Morgan fingerprint density at radius 2 is 1.86 bits per heavy atom. The third kappa shape index (κ3) is 3.83. The fourth-order valence-corrected chi connectivity index (χ4v) is 6.41. The summed E-state index contributed by atoms with van der Waals surface area (Å²) in [6.45, 7) is 7.95. The van der Waals surface area contributed by atoms with Gasteiger partial charge in [0.25, 0.3) is 0 Å². The molecule has 0 radical (unpaired) electrons. The first kappa shape index (κ1) is 23.7. The highest BCUT2D eigenvalue weighted by Crippen LogP contribution is 2.47. The molecular formula is C28H27BClFN2O3S. The summed E-state index contributed by atoms with van der Waals surface area (Å²) in [7, 11) is -0.688. The largest absolute Gasteiger partial charge is 0.495 e. The lowest BCUT2D eigenvalue weighted by Gasteiger charge is -2.32. The third-order valence-electron chi connectivity index (χ3n) is 8.11. The molecule has 2 aromatic carbocycles. The van der Waals surface area contributed by atoms with Crippen LogP contribution in [0.15, 0.2) is 42.6 Å². The summed E-state index contributed by atoms with van der Waals surface area (Å²) >= 11 is 7.98. The number of hydrogen-bond donors (Lipinski definition) is 0. The van der Waals surface area contributed by atoms with Gasteiger partial charge >= 0.3 is 7.12 Å². The van der Waals surface area contributed by atoms with Crippen molar-refractivity contribution in [1.82, 2.24) is 9.55 Å². The van der Waals surface area contributed by atoms with Crippen molar-refractivity contribution in [3.8, 4) is 17.0 Å². The van der Waals surface area contributed by atoms with E-state index in [4.69, 9.17) is 30.6 Å². The van der Waals surface area contributed by atoms with Crippen LogP contribution in [0.1, 0.15) is 56.6 Å². The number of thiazole rings is 1. The fraction of sp³-hybridized carbons (Fsp3) is 0.393. The minimum absolute atomic E-state index is 0.380. The maximum absolute atomic E-state index is 15.9. The Bertz CT molecular complexity index is 1540. The lowest BCUT2D eigenvalue weighted by molar-refractivity contribution is 0.00578. The Labute approximate surface area is 224 Å². The van der Waals surface area contributed by atoms with Crippen LogP contribution in [0.2, 0.25) is 5.02 Å². The number of aromatic nitrogens is 2. The Morgan fingerprint density at radius 3 is 2.59 bits per heavy atom. The van der Waals surface area contributed by atoms with E-state index in [1.807, 2.05) is 64.2 Å². The Kier molecular flexibility index (Phi) is 5.16. The van der Waals surface area contributed by atoms with Gasteiger partial charge in [-0.15, -0.1) is 11.3 Å². The molecule has 5 nitrogen and oxygen atoms in total. The molecule has 0 bridgehead atoms. The fourth-order valence-electron chi connectivity index (χ4n) is 5.17. The average Bonchev–Trinajstić information content (AvgIpc) is 3.29. The number of benzene rings is 2. The zero-order chi connectivity index (χ0) is 25.7. The van der Waals surface area contributed by atoms with Crippen LogP contribution in [-0.4, -0.2) is 27.9 Å². The second-order valence-electron chi connectivity index (χ2n) is 11.3. The van der Waals surface area contributed by atoms with E-state index in [0.29, 0.717) is 21.8 Å². The molecule has 0 N–H and O–H groups in total. The number of hydrogen-bond acceptors (Lipinski definition) is 5. The van der Waals surface area contributed by atoms with Crippen LogP contribution >= 0.6 is 22.9 Å². The van der Waals surface area contributed by atoms with Gasteiger partial charge in [-0.25, -0.2) is 9.37 Å². The predicted octanol–water partition coefficient (Wildman–Crippen LogP) is 6.75. The molecular weight excluding hydrogens is 510 g/mol. The molecule has 1 atom stereocenters. The van der Waals surface area contributed by atoms with Gasteiger partial charge in [-0.2, -0.15) is 0 Å². The highest BCUT2D eigenvalue weighted by Gasteiger charge is 2.52. The number of ether oxygens (including phenoxy) is 1.